The molecule has 0 amide bonds. The van der Waals surface area contributed by atoms with Gasteiger partial charge in [-0.15, -0.1) is 0 Å². The van der Waals surface area contributed by atoms with E-state index in [-0.39, 0.29) is 0 Å². The van der Waals surface area contributed by atoms with Gasteiger partial charge in [-0.2, -0.15) is 0 Å². The maximum atomic E-state index is 6.38. The molecule has 1 fully saturated rings. The van der Waals surface area contributed by atoms with Crippen molar-refractivity contribution in [2.75, 3.05) is 6.61 Å². The molecule has 114 valence electrons. The van der Waals surface area contributed by atoms with Gasteiger partial charge in [-0.25, -0.2) is 0 Å². The second-order valence-electron chi connectivity index (χ2n) is 8.86. The Kier molecular flexibility index (Phi) is 5.34. The second-order valence-corrected chi connectivity index (χ2v) is 13.7. The molecule has 2 unspecified atom stereocenters. The van der Waals surface area contributed by atoms with E-state index in [1.807, 2.05) is 0 Å². The van der Waals surface area contributed by atoms with Gasteiger partial charge in [0, 0.05) is 6.61 Å². The van der Waals surface area contributed by atoms with Gasteiger partial charge in [-0.05, 0) is 48.2 Å². The second kappa shape index (κ2) is 5.89. The molecule has 1 aliphatic carbocycles. The van der Waals surface area contributed by atoms with Crippen LogP contribution in [0.25, 0.3) is 0 Å². The van der Waals surface area contributed by atoms with Crippen LogP contribution in [0.3, 0.4) is 0 Å². The van der Waals surface area contributed by atoms with E-state index in [2.05, 4.69) is 54.6 Å². The SMILES string of the molecule is CC1CCCC(C)(C)C1CCO[Si](C)(C)C(C)(C)C. The van der Waals surface area contributed by atoms with E-state index < -0.39 is 8.32 Å². The Labute approximate surface area is 122 Å². The van der Waals surface area contributed by atoms with Crippen molar-refractivity contribution in [1.82, 2.24) is 0 Å². The normalized spacial score (nSPS) is 28.4. The fraction of sp³-hybridized carbons (Fsp3) is 1.00. The minimum absolute atomic E-state index is 0.334. The molecule has 0 spiro atoms. The number of hydrogen-bond acceptors (Lipinski definition) is 1. The van der Waals surface area contributed by atoms with E-state index in [1.165, 1.54) is 25.7 Å². The predicted octanol–water partition coefficient (Wildman–Crippen LogP) is 5.86. The van der Waals surface area contributed by atoms with Crippen LogP contribution in [0, 0.1) is 17.3 Å². The zero-order chi connectivity index (χ0) is 14.9. The molecule has 0 aromatic rings. The Balaban J connectivity index is 2.52. The van der Waals surface area contributed by atoms with Crippen LogP contribution in [0.2, 0.25) is 18.1 Å². The Morgan fingerprint density at radius 3 is 2.26 bits per heavy atom. The molecule has 19 heavy (non-hydrogen) atoms. The van der Waals surface area contributed by atoms with Gasteiger partial charge >= 0.3 is 0 Å². The molecule has 0 aliphatic heterocycles. The van der Waals surface area contributed by atoms with Crippen LogP contribution >= 0.6 is 0 Å². The number of hydrogen-bond donors (Lipinski definition) is 0. The van der Waals surface area contributed by atoms with E-state index in [0.717, 1.165) is 18.4 Å². The Morgan fingerprint density at radius 2 is 1.79 bits per heavy atom. The lowest BCUT2D eigenvalue weighted by molar-refractivity contribution is 0.0615. The first-order valence-corrected chi connectivity index (χ1v) is 11.0. The Morgan fingerprint density at radius 1 is 1.21 bits per heavy atom. The van der Waals surface area contributed by atoms with Crippen LogP contribution < -0.4 is 0 Å². The highest BCUT2D eigenvalue weighted by molar-refractivity contribution is 6.74. The van der Waals surface area contributed by atoms with E-state index >= 15 is 0 Å². The molecule has 0 aromatic heterocycles. The summed E-state index contributed by atoms with van der Waals surface area (Å²) in [5.74, 6) is 1.71. The highest BCUT2D eigenvalue weighted by atomic mass is 28.4. The summed E-state index contributed by atoms with van der Waals surface area (Å²) < 4.78 is 6.38. The molecule has 2 atom stereocenters. The average molecular weight is 285 g/mol. The molecular formula is C17H36OSi. The predicted molar refractivity (Wildman–Crippen MR) is 88.1 cm³/mol. The summed E-state index contributed by atoms with van der Waals surface area (Å²) in [6.07, 6.45) is 5.46. The smallest absolute Gasteiger partial charge is 0.191 e. The largest absolute Gasteiger partial charge is 0.417 e. The van der Waals surface area contributed by atoms with Crippen LogP contribution in [-0.4, -0.2) is 14.9 Å². The van der Waals surface area contributed by atoms with Gasteiger partial charge in [0.15, 0.2) is 8.32 Å². The van der Waals surface area contributed by atoms with Crippen molar-refractivity contribution in [3.63, 3.8) is 0 Å². The summed E-state index contributed by atoms with van der Waals surface area (Å²) in [6.45, 7) is 20.0. The standard InChI is InChI=1S/C17H36OSi/c1-14-10-9-12-17(5,6)15(14)11-13-18-19(7,8)16(2,3)4/h14-15H,9-13H2,1-8H3. The highest BCUT2D eigenvalue weighted by Gasteiger charge is 2.39. The fourth-order valence-electron chi connectivity index (χ4n) is 3.37. The minimum atomic E-state index is -1.56. The lowest BCUT2D eigenvalue weighted by Gasteiger charge is -2.44. The summed E-state index contributed by atoms with van der Waals surface area (Å²) in [5, 5.41) is 0.334. The molecule has 1 nitrogen and oxygen atoms in total. The van der Waals surface area contributed by atoms with E-state index in [1.54, 1.807) is 0 Å². The van der Waals surface area contributed by atoms with E-state index in [9.17, 15) is 0 Å². The minimum Gasteiger partial charge on any atom is -0.417 e. The topological polar surface area (TPSA) is 9.23 Å². The van der Waals surface area contributed by atoms with Gasteiger partial charge in [-0.1, -0.05) is 54.4 Å². The van der Waals surface area contributed by atoms with Gasteiger partial charge in [0.2, 0.25) is 0 Å². The first-order valence-electron chi connectivity index (χ1n) is 8.11. The Hall–Kier alpha value is 0.177. The summed E-state index contributed by atoms with van der Waals surface area (Å²) in [6, 6.07) is 0. The van der Waals surface area contributed by atoms with Gasteiger partial charge in [0.1, 0.15) is 0 Å². The molecule has 0 heterocycles. The van der Waals surface area contributed by atoms with Crippen molar-refractivity contribution in [3.8, 4) is 0 Å². The third-order valence-corrected chi connectivity index (χ3v) is 10.4. The summed E-state index contributed by atoms with van der Waals surface area (Å²) >= 11 is 0. The quantitative estimate of drug-likeness (QED) is 0.587. The average Bonchev–Trinajstić information content (AvgIpc) is 2.20. The molecule has 0 bridgehead atoms. The van der Waals surface area contributed by atoms with Crippen LogP contribution in [0.1, 0.15) is 67.2 Å². The van der Waals surface area contributed by atoms with Crippen molar-refractivity contribution in [2.24, 2.45) is 17.3 Å². The zero-order valence-electron chi connectivity index (χ0n) is 14.6. The molecule has 0 N–H and O–H groups in total. The van der Waals surface area contributed by atoms with E-state index in [4.69, 9.17) is 4.43 Å². The van der Waals surface area contributed by atoms with Gasteiger partial charge < -0.3 is 4.43 Å². The molecule has 0 aromatic carbocycles. The maximum Gasteiger partial charge on any atom is 0.191 e. The lowest BCUT2D eigenvalue weighted by atomic mass is 9.63. The van der Waals surface area contributed by atoms with Crippen LogP contribution in [0.5, 0.6) is 0 Å². The van der Waals surface area contributed by atoms with Crippen molar-refractivity contribution < 1.29 is 4.43 Å². The molecule has 2 heteroatoms. The first kappa shape index (κ1) is 17.2. The van der Waals surface area contributed by atoms with Crippen molar-refractivity contribution in [2.45, 2.75) is 85.4 Å². The molecule has 1 rings (SSSR count). The molecule has 0 radical (unpaired) electrons. The zero-order valence-corrected chi connectivity index (χ0v) is 15.6. The van der Waals surface area contributed by atoms with Crippen LogP contribution in [0.4, 0.5) is 0 Å². The summed E-state index contributed by atoms with van der Waals surface area (Å²) in [4.78, 5) is 0. The maximum absolute atomic E-state index is 6.38. The first-order chi connectivity index (χ1) is 8.47. The van der Waals surface area contributed by atoms with Crippen molar-refractivity contribution in [1.29, 1.82) is 0 Å². The third kappa shape index (κ3) is 4.32. The van der Waals surface area contributed by atoms with Crippen molar-refractivity contribution >= 4 is 8.32 Å². The Bertz CT molecular complexity index is 288. The lowest BCUT2D eigenvalue weighted by Crippen LogP contribution is -2.42. The summed E-state index contributed by atoms with van der Waals surface area (Å²) in [7, 11) is -1.56. The molecule has 0 saturated heterocycles. The van der Waals surface area contributed by atoms with Crippen LogP contribution in [-0.2, 0) is 4.43 Å². The van der Waals surface area contributed by atoms with Gasteiger partial charge in [0.25, 0.3) is 0 Å². The van der Waals surface area contributed by atoms with E-state index in [0.29, 0.717) is 10.5 Å². The summed E-state index contributed by atoms with van der Waals surface area (Å²) in [5.41, 5.74) is 0.508. The van der Waals surface area contributed by atoms with Crippen molar-refractivity contribution in [3.05, 3.63) is 0 Å². The van der Waals surface area contributed by atoms with Gasteiger partial charge in [0.05, 0.1) is 0 Å². The molecule has 1 aliphatic rings. The molecule has 1 saturated carbocycles. The highest BCUT2D eigenvalue weighted by Crippen LogP contribution is 2.46. The molecular weight excluding hydrogens is 248 g/mol. The fourth-order valence-corrected chi connectivity index (χ4v) is 4.43. The monoisotopic (exact) mass is 284 g/mol. The number of rotatable bonds is 4. The van der Waals surface area contributed by atoms with Gasteiger partial charge in [-0.3, -0.25) is 0 Å². The third-order valence-electron chi connectivity index (χ3n) is 5.87. The van der Waals surface area contributed by atoms with Crippen LogP contribution in [0.15, 0.2) is 0 Å².